The standard InChI is InChI=1S/C18H28N2O4/c1-3-4-5-6-7-8-9-13-24-16(21)14-20-18(22)17-15(23-2)11-10-12-19-17/h10-12H,3-9,13-14H2,1-2H3,(H,20,22). The SMILES string of the molecule is CCCCCCCCCOC(=O)CNC(=O)c1ncccc1OC. The molecule has 6 nitrogen and oxygen atoms in total. The van der Waals surface area contributed by atoms with Gasteiger partial charge in [-0.2, -0.15) is 0 Å². The number of hydrogen-bond acceptors (Lipinski definition) is 5. The lowest BCUT2D eigenvalue weighted by molar-refractivity contribution is -0.142. The quantitative estimate of drug-likeness (QED) is 0.469. The minimum absolute atomic E-state index is 0.153. The zero-order valence-corrected chi connectivity index (χ0v) is 14.7. The highest BCUT2D eigenvalue weighted by Gasteiger charge is 2.14. The maximum Gasteiger partial charge on any atom is 0.325 e. The largest absolute Gasteiger partial charge is 0.494 e. The van der Waals surface area contributed by atoms with E-state index in [1.54, 1.807) is 12.1 Å². The van der Waals surface area contributed by atoms with Crippen molar-refractivity contribution in [1.82, 2.24) is 10.3 Å². The maximum absolute atomic E-state index is 12.0. The summed E-state index contributed by atoms with van der Waals surface area (Å²) in [6.07, 6.45) is 9.64. The molecular weight excluding hydrogens is 308 g/mol. The van der Waals surface area contributed by atoms with Crippen molar-refractivity contribution < 1.29 is 19.1 Å². The molecule has 134 valence electrons. The van der Waals surface area contributed by atoms with Crippen molar-refractivity contribution in [3.05, 3.63) is 24.0 Å². The molecule has 0 aromatic carbocycles. The van der Waals surface area contributed by atoms with Crippen LogP contribution >= 0.6 is 0 Å². The first kappa shape index (κ1) is 19.9. The number of ether oxygens (including phenoxy) is 2. The molecule has 0 saturated heterocycles. The minimum Gasteiger partial charge on any atom is -0.494 e. The number of carbonyl (C=O) groups is 2. The van der Waals surface area contributed by atoms with Gasteiger partial charge in [0.2, 0.25) is 0 Å². The second-order valence-corrected chi connectivity index (χ2v) is 5.58. The lowest BCUT2D eigenvalue weighted by Crippen LogP contribution is -2.31. The average molecular weight is 336 g/mol. The van der Waals surface area contributed by atoms with Crippen LogP contribution in [0.4, 0.5) is 0 Å². The first-order valence-electron chi connectivity index (χ1n) is 8.61. The second kappa shape index (κ2) is 12.3. The van der Waals surface area contributed by atoms with Gasteiger partial charge in [0.1, 0.15) is 12.3 Å². The molecule has 0 radical (unpaired) electrons. The molecule has 0 aliphatic heterocycles. The van der Waals surface area contributed by atoms with Crippen LogP contribution in [0.25, 0.3) is 0 Å². The fourth-order valence-corrected chi connectivity index (χ4v) is 2.26. The van der Waals surface area contributed by atoms with Crippen molar-refractivity contribution in [1.29, 1.82) is 0 Å². The van der Waals surface area contributed by atoms with E-state index in [9.17, 15) is 9.59 Å². The van der Waals surface area contributed by atoms with Gasteiger partial charge in [-0.1, -0.05) is 45.4 Å². The van der Waals surface area contributed by atoms with Gasteiger partial charge in [-0.25, -0.2) is 4.98 Å². The van der Waals surface area contributed by atoms with Crippen LogP contribution in [-0.4, -0.2) is 37.1 Å². The molecule has 0 atom stereocenters. The average Bonchev–Trinajstić information content (AvgIpc) is 2.61. The number of aromatic nitrogens is 1. The van der Waals surface area contributed by atoms with E-state index < -0.39 is 11.9 Å². The molecule has 1 N–H and O–H groups in total. The van der Waals surface area contributed by atoms with Crippen LogP contribution in [0.1, 0.15) is 62.4 Å². The number of amides is 1. The van der Waals surface area contributed by atoms with E-state index in [1.165, 1.54) is 45.4 Å². The van der Waals surface area contributed by atoms with Gasteiger partial charge in [0.05, 0.1) is 13.7 Å². The van der Waals surface area contributed by atoms with Crippen LogP contribution in [0.5, 0.6) is 5.75 Å². The maximum atomic E-state index is 12.0. The second-order valence-electron chi connectivity index (χ2n) is 5.58. The van der Waals surface area contributed by atoms with E-state index in [-0.39, 0.29) is 12.2 Å². The summed E-state index contributed by atoms with van der Waals surface area (Å²) in [6.45, 7) is 2.42. The summed E-state index contributed by atoms with van der Waals surface area (Å²) >= 11 is 0. The van der Waals surface area contributed by atoms with Crippen molar-refractivity contribution in [2.75, 3.05) is 20.3 Å². The predicted molar refractivity (Wildman–Crippen MR) is 92.1 cm³/mol. The Morgan fingerprint density at radius 3 is 2.54 bits per heavy atom. The number of nitrogens with zero attached hydrogens (tertiary/aromatic N) is 1. The Labute approximate surface area is 143 Å². The molecule has 0 unspecified atom stereocenters. The number of unbranched alkanes of at least 4 members (excludes halogenated alkanes) is 6. The molecule has 1 aromatic rings. The van der Waals surface area contributed by atoms with Crippen LogP contribution in [-0.2, 0) is 9.53 Å². The summed E-state index contributed by atoms with van der Waals surface area (Å²) in [4.78, 5) is 27.5. The first-order chi connectivity index (χ1) is 11.7. The monoisotopic (exact) mass is 336 g/mol. The van der Waals surface area contributed by atoms with Crippen LogP contribution in [0.15, 0.2) is 18.3 Å². The van der Waals surface area contributed by atoms with Gasteiger partial charge in [-0.3, -0.25) is 9.59 Å². The molecule has 0 bridgehead atoms. The molecule has 0 aliphatic carbocycles. The van der Waals surface area contributed by atoms with Gasteiger partial charge in [0, 0.05) is 6.20 Å². The summed E-state index contributed by atoms with van der Waals surface area (Å²) < 4.78 is 10.2. The summed E-state index contributed by atoms with van der Waals surface area (Å²) in [6, 6.07) is 3.31. The zero-order valence-electron chi connectivity index (χ0n) is 14.7. The Balaban J connectivity index is 2.14. The summed E-state index contributed by atoms with van der Waals surface area (Å²) in [5.41, 5.74) is 0.153. The molecule has 1 amide bonds. The van der Waals surface area contributed by atoms with E-state index in [1.807, 2.05) is 0 Å². The van der Waals surface area contributed by atoms with E-state index >= 15 is 0 Å². The number of rotatable bonds is 12. The highest BCUT2D eigenvalue weighted by molar-refractivity contribution is 5.96. The van der Waals surface area contributed by atoms with E-state index in [2.05, 4.69) is 17.2 Å². The molecule has 0 spiro atoms. The fraction of sp³-hybridized carbons (Fsp3) is 0.611. The van der Waals surface area contributed by atoms with Gasteiger partial charge < -0.3 is 14.8 Å². The van der Waals surface area contributed by atoms with Crippen molar-refractivity contribution >= 4 is 11.9 Å². The Morgan fingerprint density at radius 1 is 1.12 bits per heavy atom. The van der Waals surface area contributed by atoms with Gasteiger partial charge in [-0.05, 0) is 18.6 Å². The van der Waals surface area contributed by atoms with E-state index in [0.717, 1.165) is 12.8 Å². The van der Waals surface area contributed by atoms with Crippen LogP contribution in [0.2, 0.25) is 0 Å². The van der Waals surface area contributed by atoms with Crippen LogP contribution in [0.3, 0.4) is 0 Å². The number of methoxy groups -OCH3 is 1. The Morgan fingerprint density at radius 2 is 1.83 bits per heavy atom. The van der Waals surface area contributed by atoms with Crippen LogP contribution < -0.4 is 10.1 Å². The minimum atomic E-state index is -0.458. The van der Waals surface area contributed by atoms with Crippen LogP contribution in [0, 0.1) is 0 Å². The topological polar surface area (TPSA) is 77.5 Å². The Kier molecular flexibility index (Phi) is 10.2. The molecule has 24 heavy (non-hydrogen) atoms. The molecule has 6 heteroatoms. The normalized spacial score (nSPS) is 10.2. The third-order valence-electron chi connectivity index (χ3n) is 3.61. The van der Waals surface area contributed by atoms with Gasteiger partial charge in [0.15, 0.2) is 5.69 Å². The summed E-state index contributed by atoms with van der Waals surface area (Å²) in [5.74, 6) is -0.531. The highest BCUT2D eigenvalue weighted by atomic mass is 16.5. The van der Waals surface area contributed by atoms with Crippen molar-refractivity contribution in [3.63, 3.8) is 0 Å². The highest BCUT2D eigenvalue weighted by Crippen LogP contribution is 2.13. The number of hydrogen-bond donors (Lipinski definition) is 1. The van der Waals surface area contributed by atoms with Gasteiger partial charge in [0.25, 0.3) is 5.91 Å². The number of esters is 1. The number of pyridine rings is 1. The third-order valence-corrected chi connectivity index (χ3v) is 3.61. The molecule has 1 rings (SSSR count). The molecule has 0 saturated carbocycles. The van der Waals surface area contributed by atoms with E-state index in [0.29, 0.717) is 12.4 Å². The lowest BCUT2D eigenvalue weighted by atomic mass is 10.1. The summed E-state index contributed by atoms with van der Waals surface area (Å²) in [7, 11) is 1.46. The predicted octanol–water partition coefficient (Wildman–Crippen LogP) is 3.11. The third kappa shape index (κ3) is 7.94. The molecular formula is C18H28N2O4. The van der Waals surface area contributed by atoms with Gasteiger partial charge >= 0.3 is 5.97 Å². The van der Waals surface area contributed by atoms with E-state index in [4.69, 9.17) is 9.47 Å². The molecule has 0 aliphatic rings. The Hall–Kier alpha value is -2.11. The molecule has 0 fully saturated rings. The van der Waals surface area contributed by atoms with Crippen molar-refractivity contribution in [2.45, 2.75) is 51.9 Å². The first-order valence-corrected chi connectivity index (χ1v) is 8.61. The summed E-state index contributed by atoms with van der Waals surface area (Å²) in [5, 5.41) is 2.49. The molecule has 1 heterocycles. The Bertz CT molecular complexity index is 506. The smallest absolute Gasteiger partial charge is 0.325 e. The number of nitrogens with one attached hydrogen (secondary N) is 1. The fourth-order valence-electron chi connectivity index (χ4n) is 2.26. The van der Waals surface area contributed by atoms with Crippen molar-refractivity contribution in [2.24, 2.45) is 0 Å². The van der Waals surface area contributed by atoms with Gasteiger partial charge in [-0.15, -0.1) is 0 Å². The van der Waals surface area contributed by atoms with Crippen molar-refractivity contribution in [3.8, 4) is 5.75 Å². The molecule has 1 aromatic heterocycles. The lowest BCUT2D eigenvalue weighted by Gasteiger charge is -2.08. The number of carbonyl (C=O) groups excluding carboxylic acids is 2. The zero-order chi connectivity index (χ0) is 17.6.